The van der Waals surface area contributed by atoms with Gasteiger partial charge < -0.3 is 15.2 Å². The van der Waals surface area contributed by atoms with Crippen LogP contribution >= 0.6 is 0 Å². The minimum atomic E-state index is -0.452. The van der Waals surface area contributed by atoms with Gasteiger partial charge in [0.2, 0.25) is 0 Å². The lowest BCUT2D eigenvalue weighted by Crippen LogP contribution is -2.48. The molecule has 0 amide bonds. The van der Waals surface area contributed by atoms with Gasteiger partial charge in [-0.2, -0.15) is 0 Å². The van der Waals surface area contributed by atoms with Gasteiger partial charge in [0.15, 0.2) is 0 Å². The maximum atomic E-state index is 9.36. The Morgan fingerprint density at radius 2 is 2.11 bits per heavy atom. The highest BCUT2D eigenvalue weighted by Gasteiger charge is 2.22. The van der Waals surface area contributed by atoms with Gasteiger partial charge in [-0.3, -0.25) is 0 Å². The standard InChI is InChI=1S/C15H20N2O2/c1-11-7-8-12-5-4-6-13(14(12)17-11)19-10-15(2,9-18)16-3/h4-8,16,18H,9-10H2,1-3H3. The van der Waals surface area contributed by atoms with E-state index in [0.717, 1.165) is 22.3 Å². The average molecular weight is 260 g/mol. The first kappa shape index (κ1) is 13.8. The fourth-order valence-electron chi connectivity index (χ4n) is 1.77. The van der Waals surface area contributed by atoms with Crippen molar-refractivity contribution in [2.45, 2.75) is 19.4 Å². The summed E-state index contributed by atoms with van der Waals surface area (Å²) in [4.78, 5) is 4.52. The fraction of sp³-hybridized carbons (Fsp3) is 0.400. The molecular formula is C15H20N2O2. The van der Waals surface area contributed by atoms with Crippen molar-refractivity contribution in [3.63, 3.8) is 0 Å². The number of fused-ring (bicyclic) bond motifs is 1. The van der Waals surface area contributed by atoms with Gasteiger partial charge in [0, 0.05) is 11.1 Å². The molecule has 102 valence electrons. The van der Waals surface area contributed by atoms with Crippen molar-refractivity contribution < 1.29 is 9.84 Å². The molecule has 0 radical (unpaired) electrons. The van der Waals surface area contributed by atoms with Crippen LogP contribution in [0.15, 0.2) is 30.3 Å². The Kier molecular flexibility index (Phi) is 4.02. The Hall–Kier alpha value is -1.65. The molecule has 19 heavy (non-hydrogen) atoms. The number of nitrogens with one attached hydrogen (secondary N) is 1. The number of rotatable bonds is 5. The summed E-state index contributed by atoms with van der Waals surface area (Å²) in [5, 5.41) is 13.5. The molecule has 0 spiro atoms. The van der Waals surface area contributed by atoms with Crippen LogP contribution in [0.2, 0.25) is 0 Å². The number of ether oxygens (including phenoxy) is 1. The molecule has 4 heteroatoms. The van der Waals surface area contributed by atoms with Crippen LogP contribution in [-0.2, 0) is 0 Å². The van der Waals surface area contributed by atoms with Crippen LogP contribution < -0.4 is 10.1 Å². The second-order valence-corrected chi connectivity index (χ2v) is 5.04. The van der Waals surface area contributed by atoms with Gasteiger partial charge in [-0.1, -0.05) is 18.2 Å². The summed E-state index contributed by atoms with van der Waals surface area (Å²) in [6.45, 7) is 4.27. The Morgan fingerprint density at radius 1 is 1.32 bits per heavy atom. The van der Waals surface area contributed by atoms with Crippen molar-refractivity contribution in [1.29, 1.82) is 0 Å². The van der Waals surface area contributed by atoms with Crippen molar-refractivity contribution in [2.75, 3.05) is 20.3 Å². The topological polar surface area (TPSA) is 54.4 Å². The molecular weight excluding hydrogens is 240 g/mol. The molecule has 0 saturated carbocycles. The molecule has 0 bridgehead atoms. The van der Waals surface area contributed by atoms with Crippen molar-refractivity contribution >= 4 is 10.9 Å². The fourth-order valence-corrected chi connectivity index (χ4v) is 1.77. The maximum absolute atomic E-state index is 9.36. The molecule has 0 saturated heterocycles. The second kappa shape index (κ2) is 5.55. The summed E-state index contributed by atoms with van der Waals surface area (Å²) in [7, 11) is 1.81. The number of aromatic nitrogens is 1. The van der Waals surface area contributed by atoms with Crippen LogP contribution in [0.1, 0.15) is 12.6 Å². The Bertz CT molecular complexity index is 565. The van der Waals surface area contributed by atoms with E-state index in [2.05, 4.69) is 10.3 Å². The third kappa shape index (κ3) is 3.03. The molecule has 1 aromatic carbocycles. The molecule has 0 fully saturated rings. The van der Waals surface area contributed by atoms with E-state index in [-0.39, 0.29) is 6.61 Å². The molecule has 2 rings (SSSR count). The zero-order valence-electron chi connectivity index (χ0n) is 11.6. The summed E-state index contributed by atoms with van der Waals surface area (Å²) in [6, 6.07) is 9.88. The highest BCUT2D eigenvalue weighted by Crippen LogP contribution is 2.24. The van der Waals surface area contributed by atoms with Crippen LogP contribution in [0.5, 0.6) is 5.75 Å². The van der Waals surface area contributed by atoms with E-state index in [1.54, 1.807) is 0 Å². The minimum absolute atomic E-state index is 0.0146. The normalized spacial score (nSPS) is 14.3. The van der Waals surface area contributed by atoms with E-state index in [1.807, 2.05) is 51.2 Å². The first-order valence-corrected chi connectivity index (χ1v) is 6.37. The number of hydrogen-bond acceptors (Lipinski definition) is 4. The van der Waals surface area contributed by atoms with Crippen LogP contribution in [0.3, 0.4) is 0 Å². The Balaban J connectivity index is 2.28. The number of hydrogen-bond donors (Lipinski definition) is 2. The molecule has 0 aliphatic rings. The highest BCUT2D eigenvalue weighted by atomic mass is 16.5. The molecule has 4 nitrogen and oxygen atoms in total. The Labute approximate surface area is 113 Å². The van der Waals surface area contributed by atoms with E-state index < -0.39 is 5.54 Å². The lowest BCUT2D eigenvalue weighted by Gasteiger charge is -2.26. The van der Waals surface area contributed by atoms with Crippen molar-refractivity contribution in [2.24, 2.45) is 0 Å². The summed E-state index contributed by atoms with van der Waals surface area (Å²) in [6.07, 6.45) is 0. The number of nitrogens with zero attached hydrogens (tertiary/aromatic N) is 1. The van der Waals surface area contributed by atoms with E-state index in [9.17, 15) is 5.11 Å². The number of para-hydroxylation sites is 1. The zero-order chi connectivity index (χ0) is 13.9. The predicted molar refractivity (Wildman–Crippen MR) is 76.5 cm³/mol. The van der Waals surface area contributed by atoms with Gasteiger partial charge in [-0.25, -0.2) is 4.98 Å². The van der Waals surface area contributed by atoms with E-state index >= 15 is 0 Å². The number of aryl methyl sites for hydroxylation is 1. The number of aliphatic hydroxyl groups excluding tert-OH is 1. The Morgan fingerprint density at radius 3 is 2.79 bits per heavy atom. The van der Waals surface area contributed by atoms with Gasteiger partial charge in [-0.05, 0) is 33.0 Å². The number of benzene rings is 1. The lowest BCUT2D eigenvalue weighted by atomic mass is 10.1. The third-order valence-corrected chi connectivity index (χ3v) is 3.32. The molecule has 1 atom stereocenters. The summed E-state index contributed by atoms with van der Waals surface area (Å²) in [5.74, 6) is 0.746. The van der Waals surface area contributed by atoms with Gasteiger partial charge >= 0.3 is 0 Å². The monoisotopic (exact) mass is 260 g/mol. The van der Waals surface area contributed by atoms with Gasteiger partial charge in [0.1, 0.15) is 17.9 Å². The minimum Gasteiger partial charge on any atom is -0.489 e. The molecule has 0 aliphatic heterocycles. The molecule has 1 heterocycles. The highest BCUT2D eigenvalue weighted by molar-refractivity contribution is 5.84. The number of likely N-dealkylation sites (N-methyl/N-ethyl adjacent to an activating group) is 1. The van der Waals surface area contributed by atoms with Crippen molar-refractivity contribution in [1.82, 2.24) is 10.3 Å². The first-order valence-electron chi connectivity index (χ1n) is 6.37. The van der Waals surface area contributed by atoms with Gasteiger partial charge in [0.05, 0.1) is 12.1 Å². The molecule has 2 aromatic rings. The summed E-state index contributed by atoms with van der Waals surface area (Å²) < 4.78 is 5.84. The second-order valence-electron chi connectivity index (χ2n) is 5.04. The van der Waals surface area contributed by atoms with Gasteiger partial charge in [-0.15, -0.1) is 0 Å². The zero-order valence-corrected chi connectivity index (χ0v) is 11.6. The first-order chi connectivity index (χ1) is 9.08. The average Bonchev–Trinajstić information content (AvgIpc) is 2.44. The van der Waals surface area contributed by atoms with Crippen LogP contribution in [0, 0.1) is 6.92 Å². The summed E-state index contributed by atoms with van der Waals surface area (Å²) in [5.41, 5.74) is 1.37. The van der Waals surface area contributed by atoms with E-state index in [0.29, 0.717) is 6.61 Å². The van der Waals surface area contributed by atoms with Crippen molar-refractivity contribution in [3.8, 4) is 5.75 Å². The maximum Gasteiger partial charge on any atom is 0.145 e. The largest absolute Gasteiger partial charge is 0.489 e. The molecule has 0 aliphatic carbocycles. The SMILES string of the molecule is CNC(C)(CO)COc1cccc2ccc(C)nc12. The molecule has 1 aromatic heterocycles. The van der Waals surface area contributed by atoms with Crippen LogP contribution in [0.4, 0.5) is 0 Å². The molecule has 1 unspecified atom stereocenters. The predicted octanol–water partition coefficient (Wildman–Crippen LogP) is 1.89. The number of aliphatic hydroxyl groups is 1. The van der Waals surface area contributed by atoms with E-state index in [4.69, 9.17) is 4.74 Å². The quantitative estimate of drug-likeness (QED) is 0.862. The number of pyridine rings is 1. The smallest absolute Gasteiger partial charge is 0.145 e. The third-order valence-electron chi connectivity index (χ3n) is 3.32. The molecule has 2 N–H and O–H groups in total. The van der Waals surface area contributed by atoms with Crippen molar-refractivity contribution in [3.05, 3.63) is 36.0 Å². The van der Waals surface area contributed by atoms with Gasteiger partial charge in [0.25, 0.3) is 0 Å². The van der Waals surface area contributed by atoms with Crippen LogP contribution in [-0.4, -0.2) is 35.9 Å². The van der Waals surface area contributed by atoms with Crippen LogP contribution in [0.25, 0.3) is 10.9 Å². The lowest BCUT2D eigenvalue weighted by molar-refractivity contribution is 0.123. The summed E-state index contributed by atoms with van der Waals surface area (Å²) >= 11 is 0. The van der Waals surface area contributed by atoms with E-state index in [1.165, 1.54) is 0 Å².